The molecule has 1 N–H and O–H groups in total. The van der Waals surface area contributed by atoms with E-state index in [4.69, 9.17) is 0 Å². The molecule has 1 aromatic heterocycles. The topological polar surface area (TPSA) is 111 Å². The predicted octanol–water partition coefficient (Wildman–Crippen LogP) is 3.04. The van der Waals surface area contributed by atoms with Crippen molar-refractivity contribution in [2.24, 2.45) is 10.2 Å². The first-order valence-corrected chi connectivity index (χ1v) is 12.8. The molecule has 2 aliphatic rings. The van der Waals surface area contributed by atoms with Crippen molar-refractivity contribution in [2.75, 3.05) is 26.2 Å². The normalized spacial score (nSPS) is 17.4. The van der Waals surface area contributed by atoms with Crippen LogP contribution in [-0.4, -0.2) is 71.8 Å². The van der Waals surface area contributed by atoms with E-state index in [1.54, 1.807) is 41.4 Å². The van der Waals surface area contributed by atoms with Crippen molar-refractivity contribution in [1.29, 1.82) is 0 Å². The molecule has 0 saturated carbocycles. The number of benzene rings is 2. The van der Waals surface area contributed by atoms with Crippen LogP contribution in [0, 0.1) is 0 Å². The predicted molar refractivity (Wildman–Crippen MR) is 129 cm³/mol. The van der Waals surface area contributed by atoms with Gasteiger partial charge in [-0.25, -0.2) is 8.42 Å². The molecule has 2 aliphatic heterocycles. The molecule has 0 unspecified atom stereocenters. The number of nitrogens with one attached hydrogen (secondary N) is 1. The summed E-state index contributed by atoms with van der Waals surface area (Å²) in [6.45, 7) is 1.14. The monoisotopic (exact) mass is 528 g/mol. The van der Waals surface area contributed by atoms with Gasteiger partial charge in [0, 0.05) is 43.3 Å². The summed E-state index contributed by atoms with van der Waals surface area (Å²) in [4.78, 5) is 14.8. The van der Waals surface area contributed by atoms with Crippen LogP contribution in [0.1, 0.15) is 28.8 Å². The molecule has 2 aromatic carbocycles. The molecule has 1 fully saturated rings. The fourth-order valence-corrected chi connectivity index (χ4v) is 5.88. The summed E-state index contributed by atoms with van der Waals surface area (Å²) in [5.41, 5.74) is 3.02. The zero-order valence-electron chi connectivity index (χ0n) is 17.6. The van der Waals surface area contributed by atoms with Gasteiger partial charge in [0.1, 0.15) is 4.60 Å². The molecule has 1 amide bonds. The summed E-state index contributed by atoms with van der Waals surface area (Å²) in [6, 6.07) is 12.2. The lowest BCUT2D eigenvalue weighted by atomic mass is 10.0. The number of rotatable bonds is 4. The molecule has 1 saturated heterocycles. The Balaban J connectivity index is 1.25. The number of aromatic amines is 1. The molecular weight excluding hydrogens is 508 g/mol. The van der Waals surface area contributed by atoms with Crippen molar-refractivity contribution in [3.8, 4) is 0 Å². The molecule has 0 aliphatic carbocycles. The van der Waals surface area contributed by atoms with Gasteiger partial charge in [-0.3, -0.25) is 9.89 Å². The van der Waals surface area contributed by atoms with Crippen LogP contribution in [-0.2, 0) is 10.0 Å². The van der Waals surface area contributed by atoms with Crippen molar-refractivity contribution in [2.45, 2.75) is 17.7 Å². The molecule has 0 bridgehead atoms. The highest BCUT2D eigenvalue weighted by Crippen LogP contribution is 2.26. The van der Waals surface area contributed by atoms with Gasteiger partial charge in [0.25, 0.3) is 5.91 Å². The molecule has 9 nitrogen and oxygen atoms in total. The second kappa shape index (κ2) is 8.81. The minimum absolute atomic E-state index is 0.106. The number of halogens is 1. The second-order valence-electron chi connectivity index (χ2n) is 7.87. The highest BCUT2D eigenvalue weighted by atomic mass is 79.9. The number of piperazine rings is 1. The minimum atomic E-state index is -3.67. The third-order valence-electron chi connectivity index (χ3n) is 5.88. The van der Waals surface area contributed by atoms with Gasteiger partial charge >= 0.3 is 0 Å². The number of aromatic nitrogens is 2. The number of hydrogen-bond donors (Lipinski definition) is 1. The average Bonchev–Trinajstić information content (AvgIpc) is 3.24. The van der Waals surface area contributed by atoms with Crippen LogP contribution in [0.25, 0.3) is 10.9 Å². The zero-order chi connectivity index (χ0) is 23.0. The Morgan fingerprint density at radius 3 is 2.48 bits per heavy atom. The van der Waals surface area contributed by atoms with E-state index in [0.717, 1.165) is 29.5 Å². The first-order chi connectivity index (χ1) is 15.9. The number of hydrogen-bond acceptors (Lipinski definition) is 6. The maximum absolute atomic E-state index is 13.1. The third-order valence-corrected chi connectivity index (χ3v) is 8.38. The Morgan fingerprint density at radius 2 is 1.79 bits per heavy atom. The van der Waals surface area contributed by atoms with Gasteiger partial charge in [-0.1, -0.05) is 12.1 Å². The lowest BCUT2D eigenvalue weighted by Crippen LogP contribution is -2.50. The van der Waals surface area contributed by atoms with Crippen LogP contribution < -0.4 is 0 Å². The number of amides is 1. The maximum Gasteiger partial charge on any atom is 0.253 e. The van der Waals surface area contributed by atoms with E-state index in [9.17, 15) is 13.2 Å². The van der Waals surface area contributed by atoms with Gasteiger partial charge in [0.05, 0.1) is 16.1 Å². The molecule has 0 atom stereocenters. The van der Waals surface area contributed by atoms with Crippen LogP contribution in [0.2, 0.25) is 0 Å². The summed E-state index contributed by atoms with van der Waals surface area (Å²) < 4.78 is 28.4. The number of carbonyl (C=O) groups is 1. The largest absolute Gasteiger partial charge is 0.336 e. The third kappa shape index (κ3) is 4.23. The van der Waals surface area contributed by atoms with Crippen LogP contribution in [0.3, 0.4) is 0 Å². The number of carbonyl (C=O) groups excluding carboxylic acids is 1. The van der Waals surface area contributed by atoms with E-state index in [0.29, 0.717) is 28.8 Å². The Bertz CT molecular complexity index is 1370. The summed E-state index contributed by atoms with van der Waals surface area (Å²) >= 11 is 3.36. The van der Waals surface area contributed by atoms with Gasteiger partial charge < -0.3 is 4.90 Å². The van der Waals surface area contributed by atoms with Crippen molar-refractivity contribution in [3.63, 3.8) is 0 Å². The quantitative estimate of drug-likeness (QED) is 0.560. The van der Waals surface area contributed by atoms with Crippen molar-refractivity contribution < 1.29 is 13.2 Å². The average molecular weight is 529 g/mol. The number of sulfonamides is 1. The number of fused-ring (bicyclic) bond motifs is 1. The molecule has 0 spiro atoms. The van der Waals surface area contributed by atoms with Crippen LogP contribution in [0.4, 0.5) is 0 Å². The van der Waals surface area contributed by atoms with Gasteiger partial charge in [0.15, 0.2) is 0 Å². The lowest BCUT2D eigenvalue weighted by molar-refractivity contribution is 0.0698. The SMILES string of the molecule is O=C(c1ccc(C2=NN=CCC2)cc1)N1CCN(S(=O)(=O)c2ccc3c(Br)[nH]nc3c2)CC1. The van der Waals surface area contributed by atoms with Crippen LogP contribution >= 0.6 is 15.9 Å². The summed E-state index contributed by atoms with van der Waals surface area (Å²) in [5, 5.41) is 15.8. The molecule has 11 heteroatoms. The second-order valence-corrected chi connectivity index (χ2v) is 10.6. The van der Waals surface area contributed by atoms with E-state index in [-0.39, 0.29) is 23.9 Å². The Morgan fingerprint density at radius 1 is 1.03 bits per heavy atom. The molecule has 5 rings (SSSR count). The summed E-state index contributed by atoms with van der Waals surface area (Å²) in [5.74, 6) is -0.106. The van der Waals surface area contributed by atoms with Gasteiger partial charge in [-0.15, -0.1) is 0 Å². The van der Waals surface area contributed by atoms with E-state index >= 15 is 0 Å². The van der Waals surface area contributed by atoms with E-state index in [2.05, 4.69) is 36.3 Å². The zero-order valence-corrected chi connectivity index (χ0v) is 20.0. The fraction of sp³-hybridized carbons (Fsp3) is 0.273. The highest BCUT2D eigenvalue weighted by Gasteiger charge is 2.31. The van der Waals surface area contributed by atoms with E-state index in [1.165, 1.54) is 4.31 Å². The van der Waals surface area contributed by atoms with E-state index < -0.39 is 10.0 Å². The van der Waals surface area contributed by atoms with Crippen molar-refractivity contribution >= 4 is 54.7 Å². The molecule has 3 aromatic rings. The smallest absolute Gasteiger partial charge is 0.253 e. The Labute approximate surface area is 199 Å². The van der Waals surface area contributed by atoms with Crippen molar-refractivity contribution in [3.05, 3.63) is 58.2 Å². The van der Waals surface area contributed by atoms with Crippen LogP contribution in [0.15, 0.2) is 62.2 Å². The molecule has 3 heterocycles. The Hall–Kier alpha value is -2.89. The van der Waals surface area contributed by atoms with E-state index in [1.807, 2.05) is 12.1 Å². The molecular formula is C22H21BrN6O3S. The molecule has 0 radical (unpaired) electrons. The fourth-order valence-electron chi connectivity index (χ4n) is 4.01. The first kappa shape index (κ1) is 21.9. The minimum Gasteiger partial charge on any atom is -0.336 e. The van der Waals surface area contributed by atoms with Crippen LogP contribution in [0.5, 0.6) is 0 Å². The Kier molecular flexibility index (Phi) is 5.85. The van der Waals surface area contributed by atoms with Gasteiger partial charge in [0.2, 0.25) is 10.0 Å². The maximum atomic E-state index is 13.1. The number of H-pyrrole nitrogens is 1. The summed E-state index contributed by atoms with van der Waals surface area (Å²) in [6.07, 6.45) is 3.48. The highest BCUT2D eigenvalue weighted by molar-refractivity contribution is 9.10. The van der Waals surface area contributed by atoms with Crippen molar-refractivity contribution in [1.82, 2.24) is 19.4 Å². The summed E-state index contributed by atoms with van der Waals surface area (Å²) in [7, 11) is -3.67. The molecule has 170 valence electrons. The van der Waals surface area contributed by atoms with Gasteiger partial charge in [-0.2, -0.15) is 19.6 Å². The first-order valence-electron chi connectivity index (χ1n) is 10.6. The molecule has 33 heavy (non-hydrogen) atoms. The number of nitrogens with zero attached hydrogens (tertiary/aromatic N) is 5. The lowest BCUT2D eigenvalue weighted by Gasteiger charge is -2.34. The standard InChI is InChI=1S/C22H21BrN6O3S/c23-21-18-8-7-17(14-20(18)26-27-21)33(31,32)29-12-10-28(11-13-29)22(30)16-5-3-15(4-6-16)19-2-1-9-24-25-19/h3-9,14H,1-2,10-13H2,(H,26,27). The van der Waals surface area contributed by atoms with Gasteiger partial charge in [-0.05, 0) is 64.7 Å².